The molecule has 3 aromatic carbocycles. The zero-order valence-electron chi connectivity index (χ0n) is 31.0. The number of nitrogens with one attached hydrogen (secondary N) is 4. The molecule has 280 valence electrons. The summed E-state index contributed by atoms with van der Waals surface area (Å²) in [6.07, 6.45) is 5.66. The van der Waals surface area contributed by atoms with Gasteiger partial charge in [-0.25, -0.2) is 14.8 Å². The predicted molar refractivity (Wildman–Crippen MR) is 207 cm³/mol. The lowest BCUT2D eigenvalue weighted by Crippen LogP contribution is -2.45. The first-order chi connectivity index (χ1) is 26.3. The van der Waals surface area contributed by atoms with Gasteiger partial charge in [0.1, 0.15) is 11.6 Å². The second-order valence-corrected chi connectivity index (χ2v) is 14.4. The number of alkyl carbamates (subject to hydrolysis) is 1. The van der Waals surface area contributed by atoms with Crippen LogP contribution >= 0.6 is 0 Å². The average Bonchev–Trinajstić information content (AvgIpc) is 4.04. The Morgan fingerprint density at radius 3 is 1.81 bits per heavy atom. The van der Waals surface area contributed by atoms with Gasteiger partial charge in [0.2, 0.25) is 5.91 Å². The molecule has 5 aromatic rings. The lowest BCUT2D eigenvalue weighted by Gasteiger charge is -2.29. The van der Waals surface area contributed by atoms with Crippen LogP contribution in [0.2, 0.25) is 0 Å². The second kappa shape index (κ2) is 16.5. The van der Waals surface area contributed by atoms with Crippen molar-refractivity contribution in [2.24, 2.45) is 5.92 Å². The zero-order valence-corrected chi connectivity index (χ0v) is 31.0. The van der Waals surface area contributed by atoms with Gasteiger partial charge >= 0.3 is 6.09 Å². The number of carbonyl (C=O) groups is 3. The minimum Gasteiger partial charge on any atom is -0.436 e. The third kappa shape index (κ3) is 8.08. The van der Waals surface area contributed by atoms with Crippen LogP contribution in [0.5, 0.6) is 0 Å². The van der Waals surface area contributed by atoms with Gasteiger partial charge in [-0.3, -0.25) is 9.59 Å². The molecular weight excluding hydrogens is 681 g/mol. The summed E-state index contributed by atoms with van der Waals surface area (Å²) in [6, 6.07) is 26.5. The first kappa shape index (κ1) is 36.6. The van der Waals surface area contributed by atoms with Crippen molar-refractivity contribution in [3.8, 4) is 33.6 Å². The van der Waals surface area contributed by atoms with Gasteiger partial charge in [0.05, 0.1) is 42.4 Å². The van der Waals surface area contributed by atoms with E-state index in [1.165, 1.54) is 7.05 Å². The Balaban J connectivity index is 0.967. The third-order valence-corrected chi connectivity index (χ3v) is 10.4. The van der Waals surface area contributed by atoms with Crippen molar-refractivity contribution in [1.82, 2.24) is 40.4 Å². The molecule has 2 aliphatic heterocycles. The van der Waals surface area contributed by atoms with E-state index in [1.54, 1.807) is 4.90 Å². The van der Waals surface area contributed by atoms with Crippen molar-refractivity contribution in [3.63, 3.8) is 0 Å². The topological polar surface area (TPSA) is 148 Å². The van der Waals surface area contributed by atoms with Crippen molar-refractivity contribution in [2.75, 3.05) is 26.7 Å². The molecule has 54 heavy (non-hydrogen) atoms. The third-order valence-electron chi connectivity index (χ3n) is 10.4. The summed E-state index contributed by atoms with van der Waals surface area (Å²) < 4.78 is 5.43. The fraction of sp³-hybridized carbons (Fsp3) is 0.357. The summed E-state index contributed by atoms with van der Waals surface area (Å²) in [4.78, 5) is 58.6. The molecule has 3 amide bonds. The van der Waals surface area contributed by atoms with Gasteiger partial charge in [0.25, 0.3) is 5.91 Å². The first-order valence-electron chi connectivity index (χ1n) is 18.8. The van der Waals surface area contributed by atoms with E-state index >= 15 is 0 Å². The Labute approximate surface area is 315 Å². The molecule has 12 heteroatoms. The Kier molecular flexibility index (Phi) is 11.2. The van der Waals surface area contributed by atoms with Crippen molar-refractivity contribution < 1.29 is 19.1 Å². The number of hydrogen-bond acceptors (Lipinski definition) is 7. The fourth-order valence-corrected chi connectivity index (χ4v) is 7.47. The SMILES string of the molecule is CNC(=O)O[C@H](C(=O)N1CCC[C@H]1c1ncc(-c2ccc(-c3ccc(-c4cnc([C@@H]5CCCN5C(=O)CNCc5ccccc5)[nH]4)cc3)cc2)[nH]1)C(C)C. The van der Waals surface area contributed by atoms with E-state index in [1.807, 2.05) is 49.3 Å². The number of benzene rings is 3. The summed E-state index contributed by atoms with van der Waals surface area (Å²) in [5.41, 5.74) is 7.13. The van der Waals surface area contributed by atoms with Gasteiger partial charge in [0, 0.05) is 26.7 Å². The largest absolute Gasteiger partial charge is 0.436 e. The number of aromatic nitrogens is 4. The maximum absolute atomic E-state index is 13.5. The normalized spacial score (nSPS) is 17.6. The first-order valence-corrected chi connectivity index (χ1v) is 18.8. The van der Waals surface area contributed by atoms with Crippen molar-refractivity contribution in [3.05, 3.63) is 108 Å². The van der Waals surface area contributed by atoms with Crippen LogP contribution in [0.4, 0.5) is 4.79 Å². The van der Waals surface area contributed by atoms with Crippen LogP contribution in [-0.2, 0) is 20.9 Å². The molecule has 2 aromatic heterocycles. The molecule has 0 radical (unpaired) electrons. The lowest BCUT2D eigenvalue weighted by molar-refractivity contribution is -0.143. The maximum Gasteiger partial charge on any atom is 0.407 e. The molecule has 3 atom stereocenters. The van der Waals surface area contributed by atoms with Gasteiger partial charge in [-0.2, -0.15) is 0 Å². The number of nitrogens with zero attached hydrogens (tertiary/aromatic N) is 4. The molecule has 4 N–H and O–H groups in total. The number of amides is 3. The molecule has 0 bridgehead atoms. The van der Waals surface area contributed by atoms with E-state index in [0.29, 0.717) is 19.6 Å². The molecule has 0 aliphatic carbocycles. The van der Waals surface area contributed by atoms with Crippen molar-refractivity contribution in [1.29, 1.82) is 0 Å². The van der Waals surface area contributed by atoms with Gasteiger partial charge in [-0.05, 0) is 59.4 Å². The highest BCUT2D eigenvalue weighted by molar-refractivity contribution is 5.84. The minimum atomic E-state index is -0.864. The number of likely N-dealkylation sites (tertiary alicyclic amines) is 2. The molecule has 0 saturated carbocycles. The molecule has 4 heterocycles. The van der Waals surface area contributed by atoms with E-state index in [4.69, 9.17) is 9.72 Å². The Bertz CT molecular complexity index is 2040. The van der Waals surface area contributed by atoms with Crippen molar-refractivity contribution in [2.45, 2.75) is 64.3 Å². The molecule has 7 rings (SSSR count). The molecule has 2 saturated heterocycles. The molecule has 0 unspecified atom stereocenters. The Morgan fingerprint density at radius 1 is 0.759 bits per heavy atom. The Morgan fingerprint density at radius 2 is 1.28 bits per heavy atom. The lowest BCUT2D eigenvalue weighted by atomic mass is 10.0. The number of imidazole rings is 2. The van der Waals surface area contributed by atoms with Crippen LogP contribution in [0, 0.1) is 5.92 Å². The van der Waals surface area contributed by atoms with Crippen LogP contribution in [-0.4, -0.2) is 80.4 Å². The quantitative estimate of drug-likeness (QED) is 0.113. The minimum absolute atomic E-state index is 0.0554. The van der Waals surface area contributed by atoms with E-state index in [2.05, 4.69) is 86.2 Å². The van der Waals surface area contributed by atoms with E-state index in [9.17, 15) is 14.4 Å². The number of aromatic amines is 2. The Hall–Kier alpha value is -5.75. The summed E-state index contributed by atoms with van der Waals surface area (Å²) in [7, 11) is 1.48. The van der Waals surface area contributed by atoms with E-state index in [0.717, 1.165) is 83.1 Å². The summed E-state index contributed by atoms with van der Waals surface area (Å²) in [6.45, 7) is 6.02. The summed E-state index contributed by atoms with van der Waals surface area (Å²) >= 11 is 0. The van der Waals surface area contributed by atoms with Crippen LogP contribution in [0.25, 0.3) is 33.6 Å². The highest BCUT2D eigenvalue weighted by Gasteiger charge is 2.38. The van der Waals surface area contributed by atoms with Crippen LogP contribution in [0.3, 0.4) is 0 Å². The fourth-order valence-electron chi connectivity index (χ4n) is 7.47. The predicted octanol–water partition coefficient (Wildman–Crippen LogP) is 6.63. The number of ether oxygens (including phenoxy) is 1. The van der Waals surface area contributed by atoms with Gasteiger partial charge in [-0.15, -0.1) is 0 Å². The summed E-state index contributed by atoms with van der Waals surface area (Å²) in [5, 5.41) is 5.73. The number of H-pyrrole nitrogens is 2. The monoisotopic (exact) mass is 728 g/mol. The molecule has 2 aliphatic rings. The molecule has 12 nitrogen and oxygen atoms in total. The zero-order chi connectivity index (χ0) is 37.6. The molecule has 0 spiro atoms. The maximum atomic E-state index is 13.5. The van der Waals surface area contributed by atoms with Gasteiger partial charge in [-0.1, -0.05) is 92.7 Å². The number of hydrogen-bond donors (Lipinski definition) is 4. The average molecular weight is 729 g/mol. The van der Waals surface area contributed by atoms with Crippen LogP contribution in [0.15, 0.2) is 91.3 Å². The van der Waals surface area contributed by atoms with Crippen LogP contribution < -0.4 is 10.6 Å². The standard InChI is InChI=1S/C42H48N8O4/c1-27(2)38(54-42(53)43-3)41(52)50-22-8-12-36(50)40-46-25-34(48-40)32-19-15-30(16-20-32)29-13-17-31(18-14-29)33-24-45-39(47-33)35-11-7-21-49(35)37(51)26-44-23-28-9-5-4-6-10-28/h4-6,9-10,13-20,24-25,27,35-36,38,44H,7-8,11-12,21-23,26H2,1-3H3,(H,43,53)(H,45,47)(H,46,48)/t35-,36-,38-/m0/s1. The van der Waals surface area contributed by atoms with Gasteiger partial charge in [0.15, 0.2) is 6.10 Å². The smallest absolute Gasteiger partial charge is 0.407 e. The van der Waals surface area contributed by atoms with Crippen molar-refractivity contribution >= 4 is 17.9 Å². The summed E-state index contributed by atoms with van der Waals surface area (Å²) in [5.74, 6) is 1.27. The molecule has 2 fully saturated rings. The number of carbonyl (C=O) groups excluding carboxylic acids is 3. The van der Waals surface area contributed by atoms with Gasteiger partial charge < -0.3 is 35.1 Å². The second-order valence-electron chi connectivity index (χ2n) is 14.4. The molecular formula is C42H48N8O4. The van der Waals surface area contributed by atoms with E-state index < -0.39 is 12.2 Å². The number of rotatable bonds is 12. The van der Waals surface area contributed by atoms with E-state index in [-0.39, 0.29) is 29.8 Å². The van der Waals surface area contributed by atoms with Crippen LogP contribution in [0.1, 0.15) is 68.8 Å². The highest BCUT2D eigenvalue weighted by Crippen LogP contribution is 2.35. The highest BCUT2D eigenvalue weighted by atomic mass is 16.6.